The second-order valence-electron chi connectivity index (χ2n) is 14.1. The number of rotatable bonds is 6. The molecule has 1 unspecified atom stereocenters. The summed E-state index contributed by atoms with van der Waals surface area (Å²) in [6, 6.07) is 5.20. The number of anilines is 1. The third-order valence-electron chi connectivity index (χ3n) is 9.67. The Balaban J connectivity index is 0.918. The third-order valence-corrected chi connectivity index (χ3v) is 9.98. The minimum Gasteiger partial charge on any atom is -0.490 e. The molecule has 12 heteroatoms. The van der Waals surface area contributed by atoms with Crippen LogP contribution in [-0.2, 0) is 4.74 Å². The zero-order valence-electron chi connectivity index (χ0n) is 27.0. The van der Waals surface area contributed by atoms with Crippen molar-refractivity contribution in [1.82, 2.24) is 24.7 Å². The summed E-state index contributed by atoms with van der Waals surface area (Å²) < 4.78 is 11.7. The Kier molecular flexibility index (Phi) is 9.57. The molecule has 46 heavy (non-hydrogen) atoms. The van der Waals surface area contributed by atoms with Crippen LogP contribution in [-0.4, -0.2) is 107 Å². The lowest BCUT2D eigenvalue weighted by Crippen LogP contribution is -2.51. The van der Waals surface area contributed by atoms with Crippen LogP contribution in [0.4, 0.5) is 16.3 Å². The van der Waals surface area contributed by atoms with Gasteiger partial charge in [-0.2, -0.15) is 0 Å². The summed E-state index contributed by atoms with van der Waals surface area (Å²) in [5.74, 6) is 2.86. The largest absolute Gasteiger partial charge is 0.490 e. The van der Waals surface area contributed by atoms with Crippen molar-refractivity contribution in [3.05, 3.63) is 52.7 Å². The van der Waals surface area contributed by atoms with Gasteiger partial charge in [0, 0.05) is 58.9 Å². The molecule has 4 fully saturated rings. The molecule has 3 saturated heterocycles. The summed E-state index contributed by atoms with van der Waals surface area (Å²) >= 11 is 6.17. The maximum atomic E-state index is 13.3. The highest BCUT2D eigenvalue weighted by Gasteiger charge is 2.43. The van der Waals surface area contributed by atoms with Gasteiger partial charge in [-0.25, -0.2) is 19.6 Å². The molecule has 1 aliphatic carbocycles. The first kappa shape index (κ1) is 32.3. The first-order valence-corrected chi connectivity index (χ1v) is 16.8. The van der Waals surface area contributed by atoms with Crippen LogP contribution >= 0.6 is 11.6 Å². The maximum Gasteiger partial charge on any atom is 0.410 e. The highest BCUT2D eigenvalue weighted by molar-refractivity contribution is 6.33. The molecule has 246 valence electrons. The van der Waals surface area contributed by atoms with E-state index in [1.165, 1.54) is 0 Å². The SMILES string of the molecule is [C-]#[N+]c1ccc(OC2C[C@@H]3CN(C(=O)c4cnc(N5CCC(CN6CCN(C(=O)OC(C)(C)C)CC6)CC5)cn4)C[C@@H]3C2)cc1Cl. The van der Waals surface area contributed by atoms with Gasteiger partial charge in [-0.15, -0.1) is 0 Å². The fourth-order valence-electron chi connectivity index (χ4n) is 7.26. The molecule has 2 aromatic rings. The zero-order valence-corrected chi connectivity index (χ0v) is 27.8. The second-order valence-corrected chi connectivity index (χ2v) is 14.5. The van der Waals surface area contributed by atoms with Gasteiger partial charge in [-0.3, -0.25) is 9.69 Å². The highest BCUT2D eigenvalue weighted by atomic mass is 35.5. The van der Waals surface area contributed by atoms with E-state index in [1.54, 1.807) is 30.6 Å². The van der Waals surface area contributed by atoms with Crippen molar-refractivity contribution in [3.8, 4) is 5.75 Å². The van der Waals surface area contributed by atoms with E-state index in [1.807, 2.05) is 30.6 Å². The Morgan fingerprint density at radius 3 is 2.26 bits per heavy atom. The van der Waals surface area contributed by atoms with Crippen LogP contribution in [0.15, 0.2) is 30.6 Å². The molecule has 0 radical (unpaired) electrons. The van der Waals surface area contributed by atoms with Crippen molar-refractivity contribution in [1.29, 1.82) is 0 Å². The van der Waals surface area contributed by atoms with E-state index in [0.29, 0.717) is 66.1 Å². The number of fused-ring (bicyclic) bond motifs is 1. The van der Waals surface area contributed by atoms with Gasteiger partial charge in [0.2, 0.25) is 5.69 Å². The molecule has 11 nitrogen and oxygen atoms in total. The number of hydrogen-bond acceptors (Lipinski definition) is 8. The number of likely N-dealkylation sites (tertiary alicyclic amines) is 1. The van der Waals surface area contributed by atoms with Crippen molar-refractivity contribution in [3.63, 3.8) is 0 Å². The van der Waals surface area contributed by atoms with Gasteiger partial charge in [0.15, 0.2) is 0 Å². The maximum absolute atomic E-state index is 13.3. The lowest BCUT2D eigenvalue weighted by molar-refractivity contribution is 0.0130. The Hall–Kier alpha value is -3.62. The van der Waals surface area contributed by atoms with Crippen LogP contribution in [0.2, 0.25) is 5.02 Å². The van der Waals surface area contributed by atoms with Gasteiger partial charge < -0.3 is 24.2 Å². The molecule has 1 aromatic carbocycles. The van der Waals surface area contributed by atoms with Gasteiger partial charge in [0.25, 0.3) is 5.91 Å². The van der Waals surface area contributed by atoms with Gasteiger partial charge in [0.05, 0.1) is 30.1 Å². The fourth-order valence-corrected chi connectivity index (χ4v) is 7.47. The summed E-state index contributed by atoms with van der Waals surface area (Å²) in [4.78, 5) is 46.7. The average Bonchev–Trinajstić information content (AvgIpc) is 3.60. The number of aromatic nitrogens is 2. The molecule has 6 rings (SSSR count). The molecular formula is C34H44ClN7O4. The van der Waals surface area contributed by atoms with Crippen molar-refractivity contribution in [2.75, 3.05) is 63.8 Å². The van der Waals surface area contributed by atoms with Crippen molar-refractivity contribution in [2.45, 2.75) is 58.2 Å². The Labute approximate surface area is 276 Å². The number of piperidine rings is 1. The van der Waals surface area contributed by atoms with E-state index in [0.717, 1.165) is 64.2 Å². The van der Waals surface area contributed by atoms with E-state index in [4.69, 9.17) is 27.6 Å². The molecule has 4 heterocycles. The summed E-state index contributed by atoms with van der Waals surface area (Å²) in [5, 5.41) is 0.405. The zero-order chi connectivity index (χ0) is 32.4. The van der Waals surface area contributed by atoms with Crippen LogP contribution in [0.5, 0.6) is 5.75 Å². The Morgan fingerprint density at radius 2 is 1.67 bits per heavy atom. The minimum absolute atomic E-state index is 0.0575. The van der Waals surface area contributed by atoms with Crippen LogP contribution in [0.25, 0.3) is 4.85 Å². The van der Waals surface area contributed by atoms with Crippen LogP contribution in [0.3, 0.4) is 0 Å². The molecule has 2 amide bonds. The standard InChI is InChI=1S/C34H44ClN7O4/c1-34(2,3)46-33(44)41-13-11-39(12-14-41)20-23-7-9-40(10-8-23)31-19-37-30(18-38-31)32(43)42-21-24-15-27(16-25(24)22-42)45-26-5-6-29(36-4)28(35)17-26/h5-6,17-19,23-25,27H,7-16,20-22H2,1-3H3/t24-,25+,27?. The van der Waals surface area contributed by atoms with E-state index >= 15 is 0 Å². The summed E-state index contributed by atoms with van der Waals surface area (Å²) in [6.07, 6.45) is 7.17. The first-order chi connectivity index (χ1) is 22.0. The smallest absolute Gasteiger partial charge is 0.410 e. The highest BCUT2D eigenvalue weighted by Crippen LogP contribution is 2.41. The number of carbonyl (C=O) groups is 2. The first-order valence-electron chi connectivity index (χ1n) is 16.4. The topological polar surface area (TPSA) is 95.7 Å². The molecule has 3 atom stereocenters. The summed E-state index contributed by atoms with van der Waals surface area (Å²) in [5.41, 5.74) is 0.349. The van der Waals surface area contributed by atoms with Crippen molar-refractivity contribution >= 4 is 35.1 Å². The monoisotopic (exact) mass is 649 g/mol. The second kappa shape index (κ2) is 13.6. The number of carbonyl (C=O) groups excluding carboxylic acids is 2. The quantitative estimate of drug-likeness (QED) is 0.385. The van der Waals surface area contributed by atoms with E-state index < -0.39 is 5.60 Å². The molecule has 3 aliphatic heterocycles. The van der Waals surface area contributed by atoms with Gasteiger partial charge in [-0.1, -0.05) is 17.7 Å². The van der Waals surface area contributed by atoms with Crippen LogP contribution in [0, 0.1) is 24.3 Å². The van der Waals surface area contributed by atoms with E-state index in [2.05, 4.69) is 24.6 Å². The van der Waals surface area contributed by atoms with E-state index in [9.17, 15) is 9.59 Å². The summed E-state index contributed by atoms with van der Waals surface area (Å²) in [6.45, 7) is 20.3. The van der Waals surface area contributed by atoms with E-state index in [-0.39, 0.29) is 18.1 Å². The number of amides is 2. The molecule has 0 spiro atoms. The Bertz CT molecular complexity index is 1430. The number of nitrogens with zero attached hydrogens (tertiary/aromatic N) is 7. The minimum atomic E-state index is -0.469. The molecule has 0 N–H and O–H groups in total. The predicted molar refractivity (Wildman–Crippen MR) is 175 cm³/mol. The third kappa shape index (κ3) is 7.67. The number of halogens is 1. The number of piperazine rings is 1. The van der Waals surface area contributed by atoms with Crippen molar-refractivity contribution in [2.24, 2.45) is 17.8 Å². The lowest BCUT2D eigenvalue weighted by Gasteiger charge is -2.39. The average molecular weight is 650 g/mol. The van der Waals surface area contributed by atoms with Crippen LogP contribution in [0.1, 0.15) is 56.9 Å². The molecule has 1 saturated carbocycles. The fraction of sp³-hybridized carbons (Fsp3) is 0.618. The van der Waals surface area contributed by atoms with Gasteiger partial charge >= 0.3 is 6.09 Å². The normalized spacial score (nSPS) is 24.1. The number of ether oxygens (including phenoxy) is 2. The van der Waals surface area contributed by atoms with Gasteiger partial charge in [0.1, 0.15) is 22.9 Å². The summed E-state index contributed by atoms with van der Waals surface area (Å²) in [7, 11) is 0. The number of benzene rings is 1. The molecule has 4 aliphatic rings. The molecule has 0 bridgehead atoms. The van der Waals surface area contributed by atoms with Crippen LogP contribution < -0.4 is 9.64 Å². The molecular weight excluding hydrogens is 606 g/mol. The van der Waals surface area contributed by atoms with Gasteiger partial charge in [-0.05, 0) is 76.3 Å². The Morgan fingerprint density at radius 1 is 0.978 bits per heavy atom. The van der Waals surface area contributed by atoms with Crippen molar-refractivity contribution < 1.29 is 19.1 Å². The number of hydrogen-bond donors (Lipinski definition) is 0. The molecule has 1 aromatic heterocycles. The predicted octanol–water partition coefficient (Wildman–Crippen LogP) is 5.38. The lowest BCUT2D eigenvalue weighted by atomic mass is 9.96.